The number of pyridine rings is 1. The summed E-state index contributed by atoms with van der Waals surface area (Å²) in [5.41, 5.74) is 1.34. The Kier molecular flexibility index (Phi) is 6.09. The lowest BCUT2D eigenvalue weighted by Gasteiger charge is -2.17. The van der Waals surface area contributed by atoms with E-state index in [1.807, 2.05) is 0 Å². The van der Waals surface area contributed by atoms with Gasteiger partial charge in [-0.2, -0.15) is 4.31 Å². The normalized spacial score (nSPS) is 11.9. The highest BCUT2D eigenvalue weighted by Crippen LogP contribution is 2.19. The second kappa shape index (κ2) is 8.41. The molecular weight excluding hydrogens is 408 g/mol. The minimum Gasteiger partial charge on any atom is -0.455 e. The molecule has 0 aromatic carbocycles. The van der Waals surface area contributed by atoms with Crippen molar-refractivity contribution in [3.05, 3.63) is 64.0 Å². The molecule has 3 heterocycles. The molecule has 0 radical (unpaired) electrons. The first-order valence-corrected chi connectivity index (χ1v) is 10.9. The molecule has 0 aliphatic heterocycles. The summed E-state index contributed by atoms with van der Waals surface area (Å²) in [6, 6.07) is 7.89. The molecule has 3 aromatic rings. The Morgan fingerprint density at radius 3 is 2.57 bits per heavy atom. The lowest BCUT2D eigenvalue weighted by atomic mass is 10.3. The molecule has 3 rings (SSSR count). The van der Waals surface area contributed by atoms with Gasteiger partial charge in [-0.15, -0.1) is 0 Å². The molecule has 0 amide bonds. The first-order valence-electron chi connectivity index (χ1n) is 9.51. The topological polar surface area (TPSA) is 103 Å². The zero-order valence-electron chi connectivity index (χ0n) is 17.3. The number of carbonyl (C=O) groups is 1. The molecule has 0 unspecified atom stereocenters. The van der Waals surface area contributed by atoms with Gasteiger partial charge in [0.05, 0.1) is 5.69 Å². The Bertz CT molecular complexity index is 1260. The number of esters is 1. The van der Waals surface area contributed by atoms with Crippen molar-refractivity contribution < 1.29 is 17.9 Å². The summed E-state index contributed by atoms with van der Waals surface area (Å²) in [6.07, 6.45) is 1.38. The second-order valence-corrected chi connectivity index (χ2v) is 8.72. The molecule has 0 atom stereocenters. The average Bonchev–Trinajstić information content (AvgIpc) is 3.09. The Hall–Kier alpha value is -2.98. The molecule has 160 valence electrons. The predicted octanol–water partition coefficient (Wildman–Crippen LogP) is 1.73. The van der Waals surface area contributed by atoms with Crippen molar-refractivity contribution in [3.63, 3.8) is 0 Å². The minimum atomic E-state index is -3.69. The van der Waals surface area contributed by atoms with E-state index in [4.69, 9.17) is 4.74 Å². The van der Waals surface area contributed by atoms with Crippen LogP contribution in [0.15, 0.2) is 46.2 Å². The number of hydrogen-bond acceptors (Lipinski definition) is 6. The maximum Gasteiger partial charge on any atom is 0.355 e. The molecule has 9 nitrogen and oxygen atoms in total. The van der Waals surface area contributed by atoms with E-state index in [0.29, 0.717) is 24.4 Å². The van der Waals surface area contributed by atoms with Crippen LogP contribution in [0.5, 0.6) is 0 Å². The molecular formula is C20H24N4O5S. The highest BCUT2D eigenvalue weighted by molar-refractivity contribution is 7.89. The van der Waals surface area contributed by atoms with Crippen molar-refractivity contribution in [2.45, 2.75) is 32.3 Å². The van der Waals surface area contributed by atoms with Crippen LogP contribution in [0.25, 0.3) is 5.65 Å². The highest BCUT2D eigenvalue weighted by atomic mass is 32.2. The largest absolute Gasteiger partial charge is 0.455 e. The van der Waals surface area contributed by atoms with Crippen LogP contribution in [-0.2, 0) is 28.4 Å². The van der Waals surface area contributed by atoms with E-state index in [2.05, 4.69) is 4.98 Å². The van der Waals surface area contributed by atoms with E-state index in [1.54, 1.807) is 46.0 Å². The van der Waals surface area contributed by atoms with Crippen LogP contribution in [-0.4, -0.2) is 45.7 Å². The van der Waals surface area contributed by atoms with Gasteiger partial charge in [0, 0.05) is 38.1 Å². The monoisotopic (exact) mass is 432 g/mol. The molecule has 0 aliphatic rings. The zero-order valence-corrected chi connectivity index (χ0v) is 18.1. The number of aromatic nitrogens is 3. The van der Waals surface area contributed by atoms with E-state index in [1.165, 1.54) is 31.6 Å². The fourth-order valence-electron chi connectivity index (χ4n) is 3.24. The summed E-state index contributed by atoms with van der Waals surface area (Å²) in [4.78, 5) is 29.2. The number of carbonyl (C=O) groups excluding carboxylic acids is 1. The Morgan fingerprint density at radius 2 is 1.90 bits per heavy atom. The maximum atomic E-state index is 12.7. The fourth-order valence-corrected chi connectivity index (χ4v) is 4.77. The minimum absolute atomic E-state index is 0.0261. The number of ether oxygens (including phenoxy) is 1. The second-order valence-electron chi connectivity index (χ2n) is 6.78. The van der Waals surface area contributed by atoms with Crippen LogP contribution < -0.4 is 5.56 Å². The van der Waals surface area contributed by atoms with Crippen molar-refractivity contribution >= 4 is 21.6 Å². The van der Waals surface area contributed by atoms with Gasteiger partial charge < -0.3 is 9.30 Å². The highest BCUT2D eigenvalue weighted by Gasteiger charge is 2.26. The molecule has 3 aromatic heterocycles. The fraction of sp³-hybridized carbons (Fsp3) is 0.350. The molecule has 30 heavy (non-hydrogen) atoms. The first kappa shape index (κ1) is 21.7. The first-order chi connectivity index (χ1) is 14.2. The molecule has 0 N–H and O–H groups in total. The van der Waals surface area contributed by atoms with Crippen LogP contribution in [0.1, 0.15) is 35.7 Å². The molecule has 0 fully saturated rings. The Labute approximate surface area is 174 Å². The van der Waals surface area contributed by atoms with Gasteiger partial charge in [-0.05, 0) is 25.1 Å². The van der Waals surface area contributed by atoms with E-state index in [-0.39, 0.29) is 22.8 Å². The van der Waals surface area contributed by atoms with Gasteiger partial charge in [0.2, 0.25) is 10.0 Å². The van der Waals surface area contributed by atoms with Gasteiger partial charge in [-0.1, -0.05) is 19.9 Å². The number of nitrogens with zero attached hydrogens (tertiary/aromatic N) is 4. The summed E-state index contributed by atoms with van der Waals surface area (Å²) in [5.74, 6) is -0.704. The summed E-state index contributed by atoms with van der Waals surface area (Å²) in [5, 5.41) is 0. The third-order valence-electron chi connectivity index (χ3n) is 4.82. The summed E-state index contributed by atoms with van der Waals surface area (Å²) in [7, 11) is -2.12. The van der Waals surface area contributed by atoms with Crippen molar-refractivity contribution in [1.82, 2.24) is 18.3 Å². The van der Waals surface area contributed by atoms with Gasteiger partial charge in [0.15, 0.2) is 0 Å². The number of fused-ring (bicyclic) bond motifs is 1. The summed E-state index contributed by atoms with van der Waals surface area (Å²) in [6.45, 7) is 5.75. The number of aryl methyl sites for hydroxylation is 2. The smallest absolute Gasteiger partial charge is 0.355 e. The standard InChI is InChI=1S/C20H24N4O5S/c1-5-23(6-2)30(27,28)16-11-17(22(4)12-16)20(26)29-13-15-10-19(25)24-14(3)8-7-9-18(24)21-15/h7-12H,5-6,13H2,1-4H3. The lowest BCUT2D eigenvalue weighted by Crippen LogP contribution is -2.30. The quantitative estimate of drug-likeness (QED) is 0.527. The van der Waals surface area contributed by atoms with Crippen LogP contribution in [0.3, 0.4) is 0 Å². The van der Waals surface area contributed by atoms with Crippen LogP contribution in [0.4, 0.5) is 0 Å². The zero-order chi connectivity index (χ0) is 22.1. The van der Waals surface area contributed by atoms with Crippen molar-refractivity contribution in [3.8, 4) is 0 Å². The number of rotatable bonds is 7. The Morgan fingerprint density at radius 1 is 1.20 bits per heavy atom. The maximum absolute atomic E-state index is 12.7. The van der Waals surface area contributed by atoms with Gasteiger partial charge >= 0.3 is 5.97 Å². The third-order valence-corrected chi connectivity index (χ3v) is 6.83. The van der Waals surface area contributed by atoms with Crippen molar-refractivity contribution in [1.29, 1.82) is 0 Å². The van der Waals surface area contributed by atoms with E-state index < -0.39 is 16.0 Å². The van der Waals surface area contributed by atoms with Crippen LogP contribution >= 0.6 is 0 Å². The van der Waals surface area contributed by atoms with Gasteiger partial charge in [-0.3, -0.25) is 9.20 Å². The third kappa shape index (κ3) is 4.01. The van der Waals surface area contributed by atoms with Gasteiger partial charge in [0.25, 0.3) is 5.56 Å². The summed E-state index contributed by atoms with van der Waals surface area (Å²) >= 11 is 0. The van der Waals surface area contributed by atoms with Gasteiger partial charge in [-0.25, -0.2) is 18.2 Å². The van der Waals surface area contributed by atoms with Gasteiger partial charge in [0.1, 0.15) is 22.8 Å². The van der Waals surface area contributed by atoms with Crippen LogP contribution in [0, 0.1) is 6.92 Å². The Balaban J connectivity index is 1.82. The molecule has 0 aliphatic carbocycles. The predicted molar refractivity (Wildman–Crippen MR) is 111 cm³/mol. The number of hydrogen-bond donors (Lipinski definition) is 0. The molecule has 0 saturated heterocycles. The average molecular weight is 433 g/mol. The van der Waals surface area contributed by atoms with E-state index in [0.717, 1.165) is 5.69 Å². The molecule has 0 bridgehead atoms. The lowest BCUT2D eigenvalue weighted by molar-refractivity contribution is 0.0456. The van der Waals surface area contributed by atoms with Crippen molar-refractivity contribution in [2.75, 3.05) is 13.1 Å². The van der Waals surface area contributed by atoms with Crippen molar-refractivity contribution in [2.24, 2.45) is 7.05 Å². The molecule has 0 saturated carbocycles. The SMILES string of the molecule is CCN(CC)S(=O)(=O)c1cc(C(=O)OCc2cc(=O)n3c(C)cccc3n2)n(C)c1. The van der Waals surface area contributed by atoms with E-state index in [9.17, 15) is 18.0 Å². The summed E-state index contributed by atoms with van der Waals surface area (Å²) < 4.78 is 34.8. The number of sulfonamides is 1. The molecule has 10 heteroatoms. The van der Waals surface area contributed by atoms with E-state index >= 15 is 0 Å². The van der Waals surface area contributed by atoms with Crippen LogP contribution in [0.2, 0.25) is 0 Å². The molecule has 0 spiro atoms.